The molecular formula is C12H15N3O2. The van der Waals surface area contributed by atoms with Crippen LogP contribution < -0.4 is 5.73 Å². The molecule has 2 unspecified atom stereocenters. The van der Waals surface area contributed by atoms with Gasteiger partial charge in [-0.05, 0) is 25.1 Å². The number of aromatic nitrogens is 2. The number of benzene rings is 1. The predicted molar refractivity (Wildman–Crippen MR) is 64.2 cm³/mol. The normalized spacial score (nSPS) is 14.8. The SMILES string of the molecule is NCCC(O)C(O)c1cnc2ccccc2n1. The van der Waals surface area contributed by atoms with Gasteiger partial charge in [-0.25, -0.2) is 4.98 Å². The molecule has 0 bridgehead atoms. The number of aliphatic hydroxyl groups is 2. The Bertz CT molecular complexity index is 504. The Kier molecular flexibility index (Phi) is 3.63. The van der Waals surface area contributed by atoms with E-state index in [-0.39, 0.29) is 0 Å². The summed E-state index contributed by atoms with van der Waals surface area (Å²) >= 11 is 0. The summed E-state index contributed by atoms with van der Waals surface area (Å²) in [7, 11) is 0. The van der Waals surface area contributed by atoms with Gasteiger partial charge in [0.2, 0.25) is 0 Å². The highest BCUT2D eigenvalue weighted by molar-refractivity contribution is 5.73. The van der Waals surface area contributed by atoms with E-state index in [4.69, 9.17) is 5.73 Å². The summed E-state index contributed by atoms with van der Waals surface area (Å²) < 4.78 is 0. The largest absolute Gasteiger partial charge is 0.390 e. The van der Waals surface area contributed by atoms with Gasteiger partial charge in [0, 0.05) is 0 Å². The van der Waals surface area contributed by atoms with E-state index in [0.717, 1.165) is 5.52 Å². The van der Waals surface area contributed by atoms with Crippen molar-refractivity contribution in [2.75, 3.05) is 6.54 Å². The van der Waals surface area contributed by atoms with E-state index in [1.807, 2.05) is 24.3 Å². The van der Waals surface area contributed by atoms with Crippen LogP contribution >= 0.6 is 0 Å². The molecule has 0 fully saturated rings. The molecule has 0 saturated heterocycles. The Morgan fingerprint density at radius 2 is 1.88 bits per heavy atom. The van der Waals surface area contributed by atoms with Crippen molar-refractivity contribution in [3.05, 3.63) is 36.2 Å². The standard InChI is InChI=1S/C12H15N3O2/c13-6-5-11(16)12(17)10-7-14-8-3-1-2-4-9(8)15-10/h1-4,7,11-12,16-17H,5-6,13H2. The molecule has 0 saturated carbocycles. The summed E-state index contributed by atoms with van der Waals surface area (Å²) in [5.41, 5.74) is 7.15. The number of nitrogens with zero attached hydrogens (tertiary/aromatic N) is 2. The lowest BCUT2D eigenvalue weighted by molar-refractivity contribution is 0.0125. The molecule has 17 heavy (non-hydrogen) atoms. The van der Waals surface area contributed by atoms with Crippen molar-refractivity contribution >= 4 is 11.0 Å². The molecule has 2 atom stereocenters. The lowest BCUT2D eigenvalue weighted by atomic mass is 10.1. The maximum Gasteiger partial charge on any atom is 0.123 e. The van der Waals surface area contributed by atoms with Crippen LogP contribution in [0.3, 0.4) is 0 Å². The number of hydrogen-bond donors (Lipinski definition) is 3. The fourth-order valence-electron chi connectivity index (χ4n) is 1.64. The highest BCUT2D eigenvalue weighted by atomic mass is 16.3. The zero-order chi connectivity index (χ0) is 12.3. The highest BCUT2D eigenvalue weighted by Crippen LogP contribution is 2.18. The number of aliphatic hydroxyl groups excluding tert-OH is 2. The third kappa shape index (κ3) is 2.58. The van der Waals surface area contributed by atoms with Gasteiger partial charge in [0.15, 0.2) is 0 Å². The Morgan fingerprint density at radius 3 is 2.59 bits per heavy atom. The lowest BCUT2D eigenvalue weighted by Gasteiger charge is -2.16. The molecule has 90 valence electrons. The summed E-state index contributed by atoms with van der Waals surface area (Å²) in [5.74, 6) is 0. The van der Waals surface area contributed by atoms with Gasteiger partial charge in [0.25, 0.3) is 0 Å². The fraction of sp³-hybridized carbons (Fsp3) is 0.333. The monoisotopic (exact) mass is 233 g/mol. The van der Waals surface area contributed by atoms with Gasteiger partial charge < -0.3 is 15.9 Å². The maximum atomic E-state index is 9.87. The lowest BCUT2D eigenvalue weighted by Crippen LogP contribution is -2.22. The molecule has 1 heterocycles. The summed E-state index contributed by atoms with van der Waals surface area (Å²) in [5, 5.41) is 19.5. The summed E-state index contributed by atoms with van der Waals surface area (Å²) in [6.07, 6.45) is -0.145. The first-order chi connectivity index (χ1) is 8.22. The van der Waals surface area contributed by atoms with Gasteiger partial charge >= 0.3 is 0 Å². The second kappa shape index (κ2) is 5.18. The molecular weight excluding hydrogens is 218 g/mol. The van der Waals surface area contributed by atoms with E-state index >= 15 is 0 Å². The van der Waals surface area contributed by atoms with Crippen LogP contribution in [0.4, 0.5) is 0 Å². The molecule has 0 aliphatic heterocycles. The number of hydrogen-bond acceptors (Lipinski definition) is 5. The first-order valence-electron chi connectivity index (χ1n) is 5.50. The molecule has 0 amide bonds. The van der Waals surface area contributed by atoms with Gasteiger partial charge in [-0.1, -0.05) is 12.1 Å². The van der Waals surface area contributed by atoms with Crippen LogP contribution in [-0.4, -0.2) is 32.8 Å². The predicted octanol–water partition coefficient (Wildman–Crippen LogP) is 0.373. The Balaban J connectivity index is 2.29. The number of nitrogens with two attached hydrogens (primary N) is 1. The minimum absolute atomic E-state index is 0.319. The van der Waals surface area contributed by atoms with Gasteiger partial charge in [-0.15, -0.1) is 0 Å². The van der Waals surface area contributed by atoms with Crippen LogP contribution in [0.5, 0.6) is 0 Å². The molecule has 5 heteroatoms. The molecule has 5 nitrogen and oxygen atoms in total. The second-order valence-corrected chi connectivity index (χ2v) is 3.87. The highest BCUT2D eigenvalue weighted by Gasteiger charge is 2.19. The first-order valence-corrected chi connectivity index (χ1v) is 5.50. The van der Waals surface area contributed by atoms with Crippen molar-refractivity contribution < 1.29 is 10.2 Å². The van der Waals surface area contributed by atoms with Gasteiger partial charge in [0.05, 0.1) is 29.0 Å². The minimum atomic E-state index is -1.05. The van der Waals surface area contributed by atoms with Crippen molar-refractivity contribution in [3.8, 4) is 0 Å². The summed E-state index contributed by atoms with van der Waals surface area (Å²) in [6, 6.07) is 7.38. The van der Waals surface area contributed by atoms with Crippen LogP contribution in [0.2, 0.25) is 0 Å². The van der Waals surface area contributed by atoms with E-state index in [0.29, 0.717) is 24.2 Å². The third-order valence-corrected chi connectivity index (χ3v) is 2.60. The number of rotatable bonds is 4. The molecule has 0 aliphatic rings. The average Bonchev–Trinajstić information content (AvgIpc) is 2.37. The van der Waals surface area contributed by atoms with E-state index < -0.39 is 12.2 Å². The van der Waals surface area contributed by atoms with Crippen LogP contribution in [-0.2, 0) is 0 Å². The fourth-order valence-corrected chi connectivity index (χ4v) is 1.64. The minimum Gasteiger partial charge on any atom is -0.390 e. The van der Waals surface area contributed by atoms with E-state index in [9.17, 15) is 10.2 Å². The molecule has 2 rings (SSSR count). The van der Waals surface area contributed by atoms with Crippen LogP contribution in [0, 0.1) is 0 Å². The van der Waals surface area contributed by atoms with Crippen molar-refractivity contribution in [3.63, 3.8) is 0 Å². The third-order valence-electron chi connectivity index (χ3n) is 2.60. The van der Waals surface area contributed by atoms with Crippen LogP contribution in [0.1, 0.15) is 18.2 Å². The number of fused-ring (bicyclic) bond motifs is 1. The zero-order valence-corrected chi connectivity index (χ0v) is 9.32. The van der Waals surface area contributed by atoms with Crippen molar-refractivity contribution in [2.24, 2.45) is 5.73 Å². The molecule has 1 aromatic carbocycles. The summed E-state index contributed by atoms with van der Waals surface area (Å²) in [6.45, 7) is 0.319. The van der Waals surface area contributed by atoms with E-state index in [1.165, 1.54) is 6.20 Å². The van der Waals surface area contributed by atoms with Gasteiger partial charge in [-0.3, -0.25) is 4.98 Å². The average molecular weight is 233 g/mol. The first kappa shape index (κ1) is 11.9. The Morgan fingerprint density at radius 1 is 1.18 bits per heavy atom. The van der Waals surface area contributed by atoms with Crippen molar-refractivity contribution in [2.45, 2.75) is 18.6 Å². The maximum absolute atomic E-state index is 9.87. The topological polar surface area (TPSA) is 92.3 Å². The molecule has 0 aliphatic carbocycles. The molecule has 2 aromatic rings. The van der Waals surface area contributed by atoms with Crippen molar-refractivity contribution in [1.29, 1.82) is 0 Å². The van der Waals surface area contributed by atoms with Crippen LogP contribution in [0.15, 0.2) is 30.5 Å². The molecule has 0 radical (unpaired) electrons. The zero-order valence-electron chi connectivity index (χ0n) is 9.32. The van der Waals surface area contributed by atoms with E-state index in [1.54, 1.807) is 0 Å². The quantitative estimate of drug-likeness (QED) is 0.709. The van der Waals surface area contributed by atoms with Gasteiger partial charge in [-0.2, -0.15) is 0 Å². The molecule has 0 spiro atoms. The Hall–Kier alpha value is -1.56. The van der Waals surface area contributed by atoms with Crippen molar-refractivity contribution in [1.82, 2.24) is 9.97 Å². The Labute approximate surface area is 98.9 Å². The van der Waals surface area contributed by atoms with E-state index in [2.05, 4.69) is 9.97 Å². The van der Waals surface area contributed by atoms with Crippen LogP contribution in [0.25, 0.3) is 11.0 Å². The smallest absolute Gasteiger partial charge is 0.123 e. The number of para-hydroxylation sites is 2. The second-order valence-electron chi connectivity index (χ2n) is 3.87. The van der Waals surface area contributed by atoms with Gasteiger partial charge in [0.1, 0.15) is 6.10 Å². The molecule has 4 N–H and O–H groups in total. The molecule has 1 aromatic heterocycles. The summed E-state index contributed by atoms with van der Waals surface area (Å²) in [4.78, 5) is 8.45.